The number of aliphatic hydroxyl groups is 2. The molecule has 2 aromatic rings. The molecule has 2 N–H and O–H groups in total. The fraction of sp³-hybridized carbons (Fsp3) is 0.700. The van der Waals surface area contributed by atoms with Gasteiger partial charge in [0.05, 0.1) is 18.1 Å². The van der Waals surface area contributed by atoms with Crippen LogP contribution in [0.2, 0.25) is 0 Å². The van der Waals surface area contributed by atoms with E-state index in [1.807, 2.05) is 6.07 Å². The lowest BCUT2D eigenvalue weighted by Crippen LogP contribution is -2.27. The third-order valence-corrected chi connectivity index (χ3v) is 4.96. The van der Waals surface area contributed by atoms with Crippen molar-refractivity contribution in [2.75, 3.05) is 6.61 Å². The first-order valence-corrected chi connectivity index (χ1v) is 28.9. The van der Waals surface area contributed by atoms with Crippen molar-refractivity contribution in [2.45, 2.75) is 84.2 Å². The summed E-state index contributed by atoms with van der Waals surface area (Å²) in [6, 6.07) is 1.92. The van der Waals surface area contributed by atoms with Crippen LogP contribution in [0.3, 0.4) is 0 Å². The highest BCUT2D eigenvalue weighted by molar-refractivity contribution is 15.0. The Balaban J connectivity index is 0. The highest BCUT2D eigenvalue weighted by Gasteiger charge is 2.35. The van der Waals surface area contributed by atoms with Gasteiger partial charge in [-0.25, -0.2) is 4.79 Å². The van der Waals surface area contributed by atoms with Gasteiger partial charge in [0, 0.05) is 131 Å². The Morgan fingerprint density at radius 1 is 1.09 bits per heavy atom. The Labute approximate surface area is 266 Å². The summed E-state index contributed by atoms with van der Waals surface area (Å²) in [5, 5.41) is 19.8. The minimum Gasteiger partial charge on any atom is -0.443 e. The summed E-state index contributed by atoms with van der Waals surface area (Å²) in [7, 11) is 0. The van der Waals surface area contributed by atoms with Crippen molar-refractivity contribution in [3.63, 3.8) is 0 Å². The second kappa shape index (κ2) is 23.8. The smallest absolute Gasteiger partial charge is 0.353 e. The number of fused-ring (bicyclic) bond motifs is 1. The van der Waals surface area contributed by atoms with E-state index >= 15 is 0 Å². The summed E-state index contributed by atoms with van der Waals surface area (Å²) in [5.41, 5.74) is -0.141. The molecule has 194 valence electrons. The lowest BCUT2D eigenvalue weighted by molar-refractivity contribution is -0.0457. The zero-order chi connectivity index (χ0) is 24.5. The predicted octanol–water partition coefficient (Wildman–Crippen LogP) is 8.48. The van der Waals surface area contributed by atoms with Crippen molar-refractivity contribution >= 4 is 123 Å². The van der Waals surface area contributed by atoms with E-state index < -0.39 is 24.1 Å². The van der Waals surface area contributed by atoms with Gasteiger partial charge in [0.2, 0.25) is 5.71 Å². The maximum Gasteiger partial charge on any atom is 0.353 e. The maximum absolute atomic E-state index is 12.3. The third-order valence-electron chi connectivity index (χ3n) is 4.96. The summed E-state index contributed by atoms with van der Waals surface area (Å²) in [4.78, 5) is 16.3. The van der Waals surface area contributed by atoms with Gasteiger partial charge in [-0.2, -0.15) is 4.98 Å². The zero-order valence-corrected chi connectivity index (χ0v) is 30.5. The normalized spacial score (nSPS) is 18.8. The number of nitrogens with zero attached hydrogens (tertiary/aromatic N) is 2. The molecule has 2 aromatic heterocycles. The number of hydrogen-bond donors (Lipinski definition) is 2. The topological polar surface area (TPSA) is 97.7 Å². The van der Waals surface area contributed by atoms with Gasteiger partial charge in [0.15, 0.2) is 0 Å². The maximum atomic E-state index is 12.3. The molecule has 3 heterocycles. The number of aryl methyl sites for hydroxylation is 1. The number of rotatable bonds is 9. The van der Waals surface area contributed by atoms with Crippen LogP contribution in [0.15, 0.2) is 21.5 Å². The zero-order valence-electron chi connectivity index (χ0n) is 17.5. The average molecular weight is 1140 g/mol. The van der Waals surface area contributed by atoms with Gasteiger partial charge in [0.1, 0.15) is 18.1 Å². The lowest BCUT2D eigenvalue weighted by Gasteiger charge is -2.13. The SMILES string of the molecule is C.CCCCCCCCc1cc2cn(C3CC(O)C(CO)O3)c(=O)nc2o1.II.II.II. The van der Waals surface area contributed by atoms with Crippen LogP contribution in [-0.2, 0) is 11.2 Å². The highest BCUT2D eigenvalue weighted by atomic mass is 128. The summed E-state index contributed by atoms with van der Waals surface area (Å²) < 4.78 is 12.6. The van der Waals surface area contributed by atoms with Crippen molar-refractivity contribution in [3.8, 4) is 0 Å². The highest BCUT2D eigenvalue weighted by Crippen LogP contribution is 2.28. The van der Waals surface area contributed by atoms with Crippen LogP contribution in [0.25, 0.3) is 11.1 Å². The van der Waals surface area contributed by atoms with Crippen molar-refractivity contribution in [1.29, 1.82) is 0 Å². The number of ether oxygens (including phenoxy) is 1. The molecule has 3 atom stereocenters. The number of unbranched alkanes of at least 4 members (excludes halogenated alkanes) is 5. The Hall–Kier alpha value is 2.68. The van der Waals surface area contributed by atoms with Crippen molar-refractivity contribution in [2.24, 2.45) is 0 Å². The number of aromatic nitrogens is 2. The van der Waals surface area contributed by atoms with Crippen molar-refractivity contribution in [1.82, 2.24) is 9.55 Å². The minimum absolute atomic E-state index is 0. The molecule has 33 heavy (non-hydrogen) atoms. The van der Waals surface area contributed by atoms with E-state index in [9.17, 15) is 15.0 Å². The largest absolute Gasteiger partial charge is 0.443 e. The van der Waals surface area contributed by atoms with Crippen LogP contribution >= 0.6 is 112 Å². The van der Waals surface area contributed by atoms with Gasteiger partial charge >= 0.3 is 5.69 Å². The fourth-order valence-corrected chi connectivity index (χ4v) is 3.44. The number of hydrogen-bond acceptors (Lipinski definition) is 6. The molecular formula is C20H32I6N2O5. The van der Waals surface area contributed by atoms with E-state index in [-0.39, 0.29) is 20.5 Å². The summed E-state index contributed by atoms with van der Waals surface area (Å²) >= 11 is 12.7. The van der Waals surface area contributed by atoms with Gasteiger partial charge in [-0.15, -0.1) is 0 Å². The summed E-state index contributed by atoms with van der Waals surface area (Å²) in [6.45, 7) is 1.93. The van der Waals surface area contributed by atoms with Gasteiger partial charge in [-0.05, 0) is 12.5 Å². The lowest BCUT2D eigenvalue weighted by atomic mass is 10.1. The standard InChI is InChI=1S/C19H28N2O5.CH4.3I2/c1-2-3-4-5-6-7-8-14-9-13-11-21(19(24)20-18(13)25-14)17-10-15(23)16(12-22)26-17;;3*1-2/h9,11,15-17,22-23H,2-8,10,12H2,1H3;1H4;;;. The molecule has 3 rings (SSSR count). The predicted molar refractivity (Wildman–Crippen MR) is 188 cm³/mol. The van der Waals surface area contributed by atoms with E-state index in [0.717, 1.165) is 24.0 Å². The van der Waals surface area contributed by atoms with Crippen LogP contribution < -0.4 is 5.69 Å². The first-order valence-electron chi connectivity index (χ1n) is 10.0. The van der Waals surface area contributed by atoms with Crippen molar-refractivity contribution in [3.05, 3.63) is 28.5 Å². The first kappa shape index (κ1) is 37.8. The molecule has 1 fully saturated rings. The molecule has 1 aliphatic heterocycles. The Morgan fingerprint density at radius 2 is 1.70 bits per heavy atom. The first-order chi connectivity index (χ1) is 15.6. The van der Waals surface area contributed by atoms with Crippen LogP contribution in [0, 0.1) is 0 Å². The number of furan rings is 1. The molecule has 0 aliphatic carbocycles. The molecule has 13 heteroatoms. The molecule has 0 radical (unpaired) electrons. The molecule has 0 spiro atoms. The van der Waals surface area contributed by atoms with Gasteiger partial charge < -0.3 is 19.4 Å². The Morgan fingerprint density at radius 3 is 2.27 bits per heavy atom. The third kappa shape index (κ3) is 13.3. The van der Waals surface area contributed by atoms with Gasteiger partial charge in [-0.1, -0.05) is 46.5 Å². The molecule has 0 bridgehead atoms. The molecule has 0 aromatic carbocycles. The van der Waals surface area contributed by atoms with Crippen LogP contribution in [0.4, 0.5) is 0 Å². The van der Waals surface area contributed by atoms with E-state index in [1.165, 1.54) is 36.7 Å². The van der Waals surface area contributed by atoms with Gasteiger partial charge in [0.25, 0.3) is 0 Å². The van der Waals surface area contributed by atoms with E-state index in [4.69, 9.17) is 9.15 Å². The van der Waals surface area contributed by atoms with Crippen LogP contribution in [-0.4, -0.2) is 38.6 Å². The van der Waals surface area contributed by atoms with E-state index in [2.05, 4.69) is 124 Å². The molecule has 0 saturated carbocycles. The molecule has 1 saturated heterocycles. The van der Waals surface area contributed by atoms with E-state index in [0.29, 0.717) is 5.71 Å². The molecular weight excluding hydrogens is 1110 g/mol. The summed E-state index contributed by atoms with van der Waals surface area (Å²) in [5.74, 6) is 0.834. The quantitative estimate of drug-likeness (QED) is 0.193. The molecule has 3 unspecified atom stereocenters. The van der Waals surface area contributed by atoms with Gasteiger partial charge in [-0.3, -0.25) is 4.57 Å². The Bertz CT molecular complexity index is 792. The monoisotopic (exact) mass is 1140 g/mol. The van der Waals surface area contributed by atoms with E-state index in [1.54, 1.807) is 6.20 Å². The molecule has 1 aliphatic rings. The summed E-state index contributed by atoms with van der Waals surface area (Å²) in [6.07, 6.45) is 7.95. The minimum atomic E-state index is -0.791. The number of aliphatic hydroxyl groups excluding tert-OH is 2. The average Bonchev–Trinajstić information content (AvgIpc) is 3.41. The van der Waals surface area contributed by atoms with Crippen LogP contribution in [0.1, 0.15) is 71.3 Å². The number of halogens is 6. The fourth-order valence-electron chi connectivity index (χ4n) is 3.44. The van der Waals surface area contributed by atoms with Crippen molar-refractivity contribution < 1.29 is 19.4 Å². The second-order valence-corrected chi connectivity index (χ2v) is 7.04. The molecule has 0 amide bonds. The van der Waals surface area contributed by atoms with Crippen LogP contribution in [0.5, 0.6) is 0 Å². The molecule has 7 nitrogen and oxygen atoms in total. The Kier molecular flexibility index (Phi) is 27.3. The second-order valence-electron chi connectivity index (χ2n) is 7.04.